The number of likely N-dealkylation sites (tertiary alicyclic amines) is 1. The van der Waals surface area contributed by atoms with E-state index in [1.807, 2.05) is 59.1 Å². The second-order valence-corrected chi connectivity index (χ2v) is 6.74. The molecule has 0 spiro atoms. The van der Waals surface area contributed by atoms with Gasteiger partial charge < -0.3 is 10.2 Å². The molecule has 1 unspecified atom stereocenters. The first kappa shape index (κ1) is 17.2. The zero-order valence-corrected chi connectivity index (χ0v) is 14.9. The van der Waals surface area contributed by atoms with Crippen LogP contribution >= 0.6 is 0 Å². The molecule has 1 fully saturated rings. The predicted molar refractivity (Wildman–Crippen MR) is 99.7 cm³/mol. The zero-order valence-electron chi connectivity index (χ0n) is 14.9. The van der Waals surface area contributed by atoms with Crippen molar-refractivity contribution in [1.82, 2.24) is 24.8 Å². The van der Waals surface area contributed by atoms with Gasteiger partial charge in [0.25, 0.3) is 0 Å². The molecule has 1 aromatic carbocycles. The lowest BCUT2D eigenvalue weighted by atomic mass is 10.1. The second kappa shape index (κ2) is 7.57. The van der Waals surface area contributed by atoms with E-state index in [1.54, 1.807) is 4.90 Å². The molecule has 27 heavy (non-hydrogen) atoms. The standard InChI is InChI=1S/C20H21N5O2/c26-19-12-16(14-24(19)11-9-15-6-2-1-3-7-15)20(27)21-13-18-23-22-17-8-4-5-10-25(17)18/h1-8,10,16H,9,11-14H2,(H,21,27). The minimum absolute atomic E-state index is 0.0407. The van der Waals surface area contributed by atoms with Crippen LogP contribution in [0.2, 0.25) is 0 Å². The molecule has 1 atom stereocenters. The van der Waals surface area contributed by atoms with E-state index in [2.05, 4.69) is 15.5 Å². The Balaban J connectivity index is 1.31. The summed E-state index contributed by atoms with van der Waals surface area (Å²) in [5.41, 5.74) is 1.93. The highest BCUT2D eigenvalue weighted by atomic mass is 16.2. The minimum atomic E-state index is -0.313. The monoisotopic (exact) mass is 363 g/mol. The van der Waals surface area contributed by atoms with Crippen molar-refractivity contribution in [2.24, 2.45) is 5.92 Å². The van der Waals surface area contributed by atoms with Crippen molar-refractivity contribution in [3.8, 4) is 0 Å². The highest BCUT2D eigenvalue weighted by Crippen LogP contribution is 2.18. The maximum Gasteiger partial charge on any atom is 0.225 e. The van der Waals surface area contributed by atoms with Crippen molar-refractivity contribution < 1.29 is 9.59 Å². The Bertz CT molecular complexity index is 953. The van der Waals surface area contributed by atoms with Gasteiger partial charge in [-0.2, -0.15) is 0 Å². The Kier molecular flexibility index (Phi) is 4.82. The summed E-state index contributed by atoms with van der Waals surface area (Å²) in [6.07, 6.45) is 2.93. The van der Waals surface area contributed by atoms with Gasteiger partial charge in [0.05, 0.1) is 12.5 Å². The lowest BCUT2D eigenvalue weighted by Crippen LogP contribution is -2.33. The molecule has 7 nitrogen and oxygen atoms in total. The molecule has 0 aliphatic carbocycles. The Morgan fingerprint density at radius 3 is 2.78 bits per heavy atom. The van der Waals surface area contributed by atoms with Crippen molar-refractivity contribution in [3.05, 3.63) is 66.1 Å². The third-order valence-corrected chi connectivity index (χ3v) is 4.90. The second-order valence-electron chi connectivity index (χ2n) is 6.74. The van der Waals surface area contributed by atoms with Crippen LogP contribution in [0.5, 0.6) is 0 Å². The molecule has 2 aromatic heterocycles. The van der Waals surface area contributed by atoms with Crippen molar-refractivity contribution in [1.29, 1.82) is 0 Å². The summed E-state index contributed by atoms with van der Waals surface area (Å²) < 4.78 is 1.84. The maximum absolute atomic E-state index is 12.5. The van der Waals surface area contributed by atoms with Gasteiger partial charge in [-0.05, 0) is 24.1 Å². The van der Waals surface area contributed by atoms with E-state index in [4.69, 9.17) is 0 Å². The van der Waals surface area contributed by atoms with Gasteiger partial charge in [0.15, 0.2) is 11.5 Å². The van der Waals surface area contributed by atoms with E-state index in [9.17, 15) is 9.59 Å². The molecule has 3 aromatic rings. The molecule has 1 saturated heterocycles. The highest BCUT2D eigenvalue weighted by molar-refractivity contribution is 5.89. The molecule has 1 aliphatic rings. The third kappa shape index (κ3) is 3.81. The summed E-state index contributed by atoms with van der Waals surface area (Å²) in [5, 5.41) is 11.1. The van der Waals surface area contributed by atoms with Crippen LogP contribution in [0.4, 0.5) is 0 Å². The zero-order chi connectivity index (χ0) is 18.6. The van der Waals surface area contributed by atoms with Crippen LogP contribution in [0.1, 0.15) is 17.8 Å². The number of nitrogens with one attached hydrogen (secondary N) is 1. The topological polar surface area (TPSA) is 79.6 Å². The number of rotatable bonds is 6. The first-order chi connectivity index (χ1) is 13.2. The van der Waals surface area contributed by atoms with Gasteiger partial charge in [0, 0.05) is 25.7 Å². The lowest BCUT2D eigenvalue weighted by molar-refractivity contribution is -0.129. The number of amides is 2. The molecule has 0 saturated carbocycles. The highest BCUT2D eigenvalue weighted by Gasteiger charge is 2.33. The summed E-state index contributed by atoms with van der Waals surface area (Å²) in [4.78, 5) is 26.5. The smallest absolute Gasteiger partial charge is 0.225 e. The Morgan fingerprint density at radius 2 is 1.93 bits per heavy atom. The summed E-state index contributed by atoms with van der Waals surface area (Å²) in [5.74, 6) is 0.286. The van der Waals surface area contributed by atoms with Crippen LogP contribution in [0.3, 0.4) is 0 Å². The molecule has 0 bridgehead atoms. The molecule has 0 radical (unpaired) electrons. The molecular formula is C20H21N5O2. The molecule has 7 heteroatoms. The number of fused-ring (bicyclic) bond motifs is 1. The van der Waals surface area contributed by atoms with Gasteiger partial charge in [0.1, 0.15) is 0 Å². The number of nitrogens with zero attached hydrogens (tertiary/aromatic N) is 4. The van der Waals surface area contributed by atoms with Crippen molar-refractivity contribution in [3.63, 3.8) is 0 Å². The van der Waals surface area contributed by atoms with Crippen molar-refractivity contribution in [2.75, 3.05) is 13.1 Å². The molecular weight excluding hydrogens is 342 g/mol. The fourth-order valence-electron chi connectivity index (χ4n) is 3.39. The molecule has 2 amide bonds. The number of carbonyl (C=O) groups excluding carboxylic acids is 2. The van der Waals surface area contributed by atoms with Crippen LogP contribution in [-0.2, 0) is 22.6 Å². The summed E-state index contributed by atoms with van der Waals surface area (Å²) in [7, 11) is 0. The Hall–Kier alpha value is -3.22. The number of carbonyl (C=O) groups is 2. The van der Waals surface area contributed by atoms with Gasteiger partial charge in [-0.1, -0.05) is 36.4 Å². The molecule has 3 heterocycles. The van der Waals surface area contributed by atoms with Crippen LogP contribution < -0.4 is 5.32 Å². The third-order valence-electron chi connectivity index (χ3n) is 4.90. The quantitative estimate of drug-likeness (QED) is 0.719. The van der Waals surface area contributed by atoms with Crippen LogP contribution in [-0.4, -0.2) is 44.4 Å². The average molecular weight is 363 g/mol. The minimum Gasteiger partial charge on any atom is -0.348 e. The Labute approximate surface area is 157 Å². The van der Waals surface area contributed by atoms with E-state index >= 15 is 0 Å². The average Bonchev–Trinajstić information content (AvgIpc) is 3.29. The lowest BCUT2D eigenvalue weighted by Gasteiger charge is -2.16. The maximum atomic E-state index is 12.5. The largest absolute Gasteiger partial charge is 0.348 e. The molecule has 1 N–H and O–H groups in total. The van der Waals surface area contributed by atoms with Crippen LogP contribution in [0.15, 0.2) is 54.7 Å². The number of aromatic nitrogens is 3. The van der Waals surface area contributed by atoms with E-state index in [0.29, 0.717) is 25.5 Å². The molecule has 138 valence electrons. The van der Waals surface area contributed by atoms with Gasteiger partial charge in [0.2, 0.25) is 11.8 Å². The number of benzene rings is 1. The van der Waals surface area contributed by atoms with Gasteiger partial charge in [-0.15, -0.1) is 10.2 Å². The fraction of sp³-hybridized carbons (Fsp3) is 0.300. The van der Waals surface area contributed by atoms with E-state index in [0.717, 1.165) is 12.1 Å². The van der Waals surface area contributed by atoms with Crippen molar-refractivity contribution >= 4 is 17.5 Å². The van der Waals surface area contributed by atoms with Gasteiger partial charge in [-0.3, -0.25) is 14.0 Å². The number of hydrogen-bond donors (Lipinski definition) is 1. The number of hydrogen-bond acceptors (Lipinski definition) is 4. The predicted octanol–water partition coefficient (Wildman–Crippen LogP) is 1.44. The van der Waals surface area contributed by atoms with E-state index < -0.39 is 0 Å². The van der Waals surface area contributed by atoms with Crippen molar-refractivity contribution in [2.45, 2.75) is 19.4 Å². The van der Waals surface area contributed by atoms with Crippen LogP contribution in [0, 0.1) is 5.92 Å². The normalized spacial score (nSPS) is 16.8. The Morgan fingerprint density at radius 1 is 1.11 bits per heavy atom. The van der Waals surface area contributed by atoms with Gasteiger partial charge >= 0.3 is 0 Å². The summed E-state index contributed by atoms with van der Waals surface area (Å²) in [6.45, 7) is 1.40. The van der Waals surface area contributed by atoms with E-state index in [1.165, 1.54) is 5.56 Å². The first-order valence-corrected chi connectivity index (χ1v) is 9.09. The van der Waals surface area contributed by atoms with Gasteiger partial charge in [-0.25, -0.2) is 0 Å². The van der Waals surface area contributed by atoms with Crippen LogP contribution in [0.25, 0.3) is 5.65 Å². The SMILES string of the molecule is O=C(NCc1nnc2ccccn12)C1CC(=O)N(CCc2ccccc2)C1. The summed E-state index contributed by atoms with van der Waals surface area (Å²) >= 11 is 0. The molecule has 4 rings (SSSR count). The van der Waals surface area contributed by atoms with E-state index in [-0.39, 0.29) is 24.2 Å². The molecule has 1 aliphatic heterocycles. The first-order valence-electron chi connectivity index (χ1n) is 9.09. The number of pyridine rings is 1. The summed E-state index contributed by atoms with van der Waals surface area (Å²) in [6, 6.07) is 15.7. The fourth-order valence-corrected chi connectivity index (χ4v) is 3.39.